The number of hydrogen-bond acceptors (Lipinski definition) is 5. The van der Waals surface area contributed by atoms with Gasteiger partial charge in [-0.2, -0.15) is 11.8 Å². The maximum absolute atomic E-state index is 12.4. The van der Waals surface area contributed by atoms with Gasteiger partial charge in [-0.15, -0.1) is 38.0 Å². The Hall–Kier alpha value is -1.39. The summed E-state index contributed by atoms with van der Waals surface area (Å²) in [7, 11) is 0. The summed E-state index contributed by atoms with van der Waals surface area (Å²) in [6.45, 7) is 3.85. The maximum Gasteiger partial charge on any atom is 0.573 e. The lowest BCUT2D eigenvalue weighted by molar-refractivity contribution is -0.274. The third kappa shape index (κ3) is 7.82. The van der Waals surface area contributed by atoms with Crippen molar-refractivity contribution in [1.82, 2.24) is 9.47 Å². The van der Waals surface area contributed by atoms with E-state index < -0.39 is 6.36 Å². The standard InChI is InChI=1S/C22H24F3N3OS2.2ClH/c23-22(24,25)29-17-6-7-19-20(14-17)31-21(26)28(19)12-13-30-18-8-10-27(11-9-18)15-16-4-2-1-3-5-16;;/h1-7,14,18,26H,8-13,15H2;2*1H. The summed E-state index contributed by atoms with van der Waals surface area (Å²) >= 11 is 3.11. The van der Waals surface area contributed by atoms with Crippen molar-refractivity contribution in [3.63, 3.8) is 0 Å². The zero-order chi connectivity index (χ0) is 21.8. The van der Waals surface area contributed by atoms with Crippen LogP contribution >= 0.6 is 47.9 Å². The van der Waals surface area contributed by atoms with Crippen molar-refractivity contribution >= 4 is 58.1 Å². The molecule has 1 aromatic heterocycles. The molecule has 1 saturated heterocycles. The molecule has 2 heterocycles. The number of rotatable bonds is 7. The molecule has 11 heteroatoms. The first-order valence-corrected chi connectivity index (χ1v) is 12.1. The minimum Gasteiger partial charge on any atom is -0.406 e. The van der Waals surface area contributed by atoms with Crippen LogP contribution in [0.3, 0.4) is 0 Å². The molecule has 4 rings (SSSR count). The van der Waals surface area contributed by atoms with Gasteiger partial charge in [0.2, 0.25) is 0 Å². The van der Waals surface area contributed by atoms with Crippen LogP contribution in [0.2, 0.25) is 0 Å². The van der Waals surface area contributed by atoms with Crippen molar-refractivity contribution in [3.8, 4) is 5.75 Å². The number of thiazole rings is 1. The number of piperidine rings is 1. The Labute approximate surface area is 211 Å². The Balaban J connectivity index is 0.00000193. The van der Waals surface area contributed by atoms with Crippen LogP contribution in [0.25, 0.3) is 10.2 Å². The molecule has 1 fully saturated rings. The molecule has 1 aliphatic rings. The summed E-state index contributed by atoms with van der Waals surface area (Å²) in [5, 5.41) is 8.82. The number of aromatic nitrogens is 1. The van der Waals surface area contributed by atoms with Gasteiger partial charge >= 0.3 is 6.36 Å². The predicted molar refractivity (Wildman–Crippen MR) is 134 cm³/mol. The van der Waals surface area contributed by atoms with Crippen molar-refractivity contribution in [2.24, 2.45) is 0 Å². The van der Waals surface area contributed by atoms with Gasteiger partial charge in [0.25, 0.3) is 0 Å². The number of ether oxygens (including phenoxy) is 1. The van der Waals surface area contributed by atoms with Gasteiger partial charge in [0, 0.05) is 24.1 Å². The van der Waals surface area contributed by atoms with Gasteiger partial charge < -0.3 is 9.30 Å². The van der Waals surface area contributed by atoms with Crippen molar-refractivity contribution < 1.29 is 17.9 Å². The number of likely N-dealkylation sites (tertiary alicyclic amines) is 1. The molecule has 0 saturated carbocycles. The van der Waals surface area contributed by atoms with E-state index in [1.165, 1.54) is 29.0 Å². The number of aryl methyl sites for hydroxylation is 1. The molecule has 0 aliphatic carbocycles. The van der Waals surface area contributed by atoms with Crippen LogP contribution in [-0.4, -0.2) is 39.9 Å². The summed E-state index contributed by atoms with van der Waals surface area (Å²) in [5.74, 6) is 0.636. The molecule has 0 spiro atoms. The fraction of sp³-hybridized carbons (Fsp3) is 0.409. The molecular weight excluding hydrogens is 514 g/mol. The van der Waals surface area contributed by atoms with E-state index in [0.717, 1.165) is 43.7 Å². The molecular formula is C22H26Cl2F3N3OS2. The first-order valence-electron chi connectivity index (χ1n) is 10.2. The molecule has 1 aliphatic heterocycles. The largest absolute Gasteiger partial charge is 0.573 e. The number of alkyl halides is 3. The fourth-order valence-corrected chi connectivity index (χ4v) is 6.00. The summed E-state index contributed by atoms with van der Waals surface area (Å²) < 4.78 is 43.8. The Bertz CT molecular complexity index is 1070. The van der Waals surface area contributed by atoms with Gasteiger partial charge in [-0.3, -0.25) is 10.3 Å². The van der Waals surface area contributed by atoms with Crippen LogP contribution in [-0.2, 0) is 13.1 Å². The van der Waals surface area contributed by atoms with Crippen molar-refractivity contribution in [3.05, 3.63) is 58.9 Å². The summed E-state index contributed by atoms with van der Waals surface area (Å²) in [6.07, 6.45) is -2.41. The Kier molecular flexibility index (Phi) is 10.4. The quantitative estimate of drug-likeness (QED) is 0.381. The molecule has 1 N–H and O–H groups in total. The van der Waals surface area contributed by atoms with Gasteiger partial charge in [0.05, 0.1) is 10.2 Å². The lowest BCUT2D eigenvalue weighted by atomic mass is 10.1. The summed E-state index contributed by atoms with van der Waals surface area (Å²) in [4.78, 5) is 2.84. The monoisotopic (exact) mass is 539 g/mol. The Morgan fingerprint density at radius 2 is 1.76 bits per heavy atom. The fourth-order valence-electron chi connectivity index (χ4n) is 3.87. The number of fused-ring (bicyclic) bond motifs is 1. The molecule has 4 nitrogen and oxygen atoms in total. The van der Waals surface area contributed by atoms with E-state index in [1.807, 2.05) is 22.4 Å². The molecule has 0 bridgehead atoms. The molecule has 0 atom stereocenters. The SMILES string of the molecule is Cl.Cl.N=c1sc2cc(OC(F)(F)F)ccc2n1CCSC1CCN(Cc2ccccc2)CC1. The van der Waals surface area contributed by atoms with E-state index in [9.17, 15) is 13.2 Å². The average Bonchev–Trinajstić information content (AvgIpc) is 3.03. The zero-order valence-electron chi connectivity index (χ0n) is 17.7. The summed E-state index contributed by atoms with van der Waals surface area (Å²) in [6, 6.07) is 14.8. The summed E-state index contributed by atoms with van der Waals surface area (Å²) in [5.41, 5.74) is 2.13. The number of nitrogens with zero attached hydrogens (tertiary/aromatic N) is 2. The zero-order valence-corrected chi connectivity index (χ0v) is 21.0. The molecule has 2 aromatic carbocycles. The minimum atomic E-state index is -4.71. The number of benzene rings is 2. The molecule has 0 amide bonds. The number of nitrogens with one attached hydrogen (secondary N) is 1. The van der Waals surface area contributed by atoms with E-state index >= 15 is 0 Å². The second-order valence-electron chi connectivity index (χ2n) is 7.57. The highest BCUT2D eigenvalue weighted by molar-refractivity contribution is 7.99. The van der Waals surface area contributed by atoms with E-state index in [-0.39, 0.29) is 30.6 Å². The van der Waals surface area contributed by atoms with Crippen molar-refractivity contribution in [2.75, 3.05) is 18.8 Å². The first-order chi connectivity index (χ1) is 14.9. The molecule has 0 unspecified atom stereocenters. The average molecular weight is 541 g/mol. The minimum absolute atomic E-state index is 0. The lowest BCUT2D eigenvalue weighted by Crippen LogP contribution is -2.34. The second-order valence-corrected chi connectivity index (χ2v) is 10.0. The Morgan fingerprint density at radius 1 is 1.06 bits per heavy atom. The van der Waals surface area contributed by atoms with Crippen LogP contribution in [0.5, 0.6) is 5.75 Å². The first kappa shape index (κ1) is 27.9. The molecule has 33 heavy (non-hydrogen) atoms. The third-order valence-corrected chi connectivity index (χ3v) is 7.68. The number of thioether (sulfide) groups is 1. The van der Waals surface area contributed by atoms with Crippen molar-refractivity contribution in [1.29, 1.82) is 5.41 Å². The second kappa shape index (κ2) is 12.4. The topological polar surface area (TPSA) is 41.2 Å². The number of halogens is 5. The van der Waals surface area contributed by atoms with Gasteiger partial charge in [-0.05, 0) is 49.7 Å². The van der Waals surface area contributed by atoms with Gasteiger partial charge in [-0.1, -0.05) is 41.7 Å². The van der Waals surface area contributed by atoms with Gasteiger partial charge in [0.15, 0.2) is 4.80 Å². The maximum atomic E-state index is 12.4. The van der Waals surface area contributed by atoms with E-state index in [0.29, 0.717) is 21.3 Å². The van der Waals surface area contributed by atoms with Crippen LogP contribution < -0.4 is 9.54 Å². The van der Waals surface area contributed by atoms with Gasteiger partial charge in [-0.25, -0.2) is 0 Å². The molecule has 182 valence electrons. The normalized spacial score (nSPS) is 15.1. The van der Waals surface area contributed by atoms with Crippen LogP contribution in [0.15, 0.2) is 48.5 Å². The van der Waals surface area contributed by atoms with Crippen LogP contribution in [0.4, 0.5) is 13.2 Å². The van der Waals surface area contributed by atoms with E-state index in [1.54, 1.807) is 6.07 Å². The van der Waals surface area contributed by atoms with Gasteiger partial charge in [0.1, 0.15) is 5.75 Å². The smallest absolute Gasteiger partial charge is 0.406 e. The highest BCUT2D eigenvalue weighted by atomic mass is 35.5. The molecule has 0 radical (unpaired) electrons. The highest BCUT2D eigenvalue weighted by Gasteiger charge is 2.31. The molecule has 3 aromatic rings. The van der Waals surface area contributed by atoms with Crippen molar-refractivity contribution in [2.45, 2.75) is 37.5 Å². The highest BCUT2D eigenvalue weighted by Crippen LogP contribution is 2.29. The van der Waals surface area contributed by atoms with Crippen LogP contribution in [0.1, 0.15) is 18.4 Å². The van der Waals surface area contributed by atoms with E-state index in [4.69, 9.17) is 5.41 Å². The number of hydrogen-bond donors (Lipinski definition) is 1. The lowest BCUT2D eigenvalue weighted by Gasteiger charge is -2.31. The Morgan fingerprint density at radius 3 is 2.42 bits per heavy atom. The van der Waals surface area contributed by atoms with E-state index in [2.05, 4.69) is 33.9 Å². The van der Waals surface area contributed by atoms with Crippen LogP contribution in [0, 0.1) is 5.41 Å². The third-order valence-electron chi connectivity index (χ3n) is 5.36. The predicted octanol–water partition coefficient (Wildman–Crippen LogP) is 6.32.